The number of nitrogens with one attached hydrogen (secondary N) is 1. The van der Waals surface area contributed by atoms with Crippen LogP contribution in [-0.2, 0) is 0 Å². The number of ether oxygens (including phenoxy) is 1. The highest BCUT2D eigenvalue weighted by atomic mass is 16.5. The fraction of sp³-hybridized carbons (Fsp3) is 0.300. The molecule has 2 aromatic heterocycles. The number of piperazine rings is 1. The molecule has 0 aliphatic carbocycles. The van der Waals surface area contributed by atoms with E-state index >= 15 is 0 Å². The summed E-state index contributed by atoms with van der Waals surface area (Å²) in [6.45, 7) is 4.59. The molecule has 0 atom stereocenters. The molecular formula is C20H22N6O3. The lowest BCUT2D eigenvalue weighted by Gasteiger charge is -2.36. The van der Waals surface area contributed by atoms with Crippen LogP contribution in [0.25, 0.3) is 0 Å². The van der Waals surface area contributed by atoms with E-state index in [-0.39, 0.29) is 5.91 Å². The maximum Gasteiger partial charge on any atom is 0.274 e. The first-order chi connectivity index (χ1) is 14.1. The summed E-state index contributed by atoms with van der Waals surface area (Å²) in [5, 5.41) is 15.0. The molecule has 0 spiro atoms. The van der Waals surface area contributed by atoms with Crippen molar-refractivity contribution >= 4 is 23.2 Å². The highest BCUT2D eigenvalue weighted by Crippen LogP contribution is 2.21. The minimum Gasteiger partial charge on any atom is -0.497 e. The lowest BCUT2D eigenvalue weighted by Crippen LogP contribution is -2.49. The molecular weight excluding hydrogens is 372 g/mol. The van der Waals surface area contributed by atoms with Gasteiger partial charge < -0.3 is 24.4 Å². The van der Waals surface area contributed by atoms with Gasteiger partial charge in [-0.1, -0.05) is 5.16 Å². The van der Waals surface area contributed by atoms with Crippen LogP contribution in [0.3, 0.4) is 0 Å². The van der Waals surface area contributed by atoms with E-state index in [2.05, 4.69) is 25.6 Å². The van der Waals surface area contributed by atoms with Crippen LogP contribution in [0.2, 0.25) is 0 Å². The number of anilines is 3. The van der Waals surface area contributed by atoms with Crippen molar-refractivity contribution in [2.24, 2.45) is 0 Å². The van der Waals surface area contributed by atoms with Gasteiger partial charge in [0.15, 0.2) is 17.3 Å². The molecule has 3 heterocycles. The van der Waals surface area contributed by atoms with E-state index in [0.29, 0.717) is 36.2 Å². The molecule has 4 rings (SSSR count). The summed E-state index contributed by atoms with van der Waals surface area (Å²) < 4.78 is 10.2. The van der Waals surface area contributed by atoms with Gasteiger partial charge >= 0.3 is 0 Å². The van der Waals surface area contributed by atoms with Crippen LogP contribution in [-0.4, -0.2) is 59.4 Å². The van der Waals surface area contributed by atoms with Crippen molar-refractivity contribution in [2.75, 3.05) is 43.5 Å². The number of aryl methyl sites for hydroxylation is 1. The molecule has 3 aromatic rings. The monoisotopic (exact) mass is 394 g/mol. The number of benzene rings is 1. The highest BCUT2D eigenvalue weighted by Gasteiger charge is 2.23. The van der Waals surface area contributed by atoms with Crippen LogP contribution in [0.1, 0.15) is 16.2 Å². The van der Waals surface area contributed by atoms with Gasteiger partial charge in [-0.25, -0.2) is 0 Å². The zero-order valence-electron chi connectivity index (χ0n) is 16.3. The molecule has 1 saturated heterocycles. The molecule has 29 heavy (non-hydrogen) atoms. The predicted octanol–water partition coefficient (Wildman–Crippen LogP) is 2.49. The third kappa shape index (κ3) is 4.29. The average Bonchev–Trinajstić information content (AvgIpc) is 3.18. The normalized spacial score (nSPS) is 14.0. The lowest BCUT2D eigenvalue weighted by molar-refractivity contribution is 0.0739. The van der Waals surface area contributed by atoms with E-state index in [1.807, 2.05) is 24.3 Å². The van der Waals surface area contributed by atoms with Crippen molar-refractivity contribution in [1.29, 1.82) is 0 Å². The van der Waals surface area contributed by atoms with Crippen LogP contribution in [0.15, 0.2) is 47.0 Å². The van der Waals surface area contributed by atoms with Gasteiger partial charge in [-0.2, -0.15) is 0 Å². The number of amides is 1. The second-order valence-corrected chi connectivity index (χ2v) is 6.73. The number of nitrogens with zero attached hydrogens (tertiary/aromatic N) is 5. The third-order valence-corrected chi connectivity index (χ3v) is 4.77. The van der Waals surface area contributed by atoms with Gasteiger partial charge in [0.05, 0.1) is 7.11 Å². The number of rotatable bonds is 5. The predicted molar refractivity (Wildman–Crippen MR) is 108 cm³/mol. The van der Waals surface area contributed by atoms with Crippen molar-refractivity contribution in [3.05, 3.63) is 53.9 Å². The first kappa shape index (κ1) is 18.7. The summed E-state index contributed by atoms with van der Waals surface area (Å²) in [5.41, 5.74) is 1.45. The van der Waals surface area contributed by atoms with Crippen molar-refractivity contribution in [3.8, 4) is 5.75 Å². The number of hydrogen-bond acceptors (Lipinski definition) is 8. The van der Waals surface area contributed by atoms with Crippen LogP contribution < -0.4 is 15.0 Å². The molecule has 1 fully saturated rings. The smallest absolute Gasteiger partial charge is 0.274 e. The van der Waals surface area contributed by atoms with Gasteiger partial charge in [0.2, 0.25) is 0 Å². The Balaban J connectivity index is 1.34. The summed E-state index contributed by atoms with van der Waals surface area (Å²) in [6, 6.07) is 13.1. The van der Waals surface area contributed by atoms with Gasteiger partial charge in [0.25, 0.3) is 5.91 Å². The molecule has 0 bridgehead atoms. The quantitative estimate of drug-likeness (QED) is 0.705. The fourth-order valence-corrected chi connectivity index (χ4v) is 3.19. The zero-order valence-corrected chi connectivity index (χ0v) is 16.3. The Labute approximate surface area is 168 Å². The summed E-state index contributed by atoms with van der Waals surface area (Å²) in [4.78, 5) is 16.8. The summed E-state index contributed by atoms with van der Waals surface area (Å²) in [5.74, 6) is 2.46. The molecule has 1 aliphatic rings. The first-order valence-electron chi connectivity index (χ1n) is 9.35. The Morgan fingerprint density at radius 1 is 1.03 bits per heavy atom. The average molecular weight is 394 g/mol. The molecule has 1 amide bonds. The van der Waals surface area contributed by atoms with E-state index in [1.54, 1.807) is 37.1 Å². The van der Waals surface area contributed by atoms with E-state index in [9.17, 15) is 4.79 Å². The maximum absolute atomic E-state index is 12.7. The van der Waals surface area contributed by atoms with Crippen molar-refractivity contribution in [3.63, 3.8) is 0 Å². The summed E-state index contributed by atoms with van der Waals surface area (Å²) >= 11 is 0. The second-order valence-electron chi connectivity index (χ2n) is 6.73. The van der Waals surface area contributed by atoms with Gasteiger partial charge in [-0.05, 0) is 43.3 Å². The minimum atomic E-state index is -0.115. The number of hydrogen-bond donors (Lipinski definition) is 1. The SMILES string of the molecule is COc1ccc(N2CCN(C(=O)c3ccc(Nc4cc(C)on4)nn3)CC2)cc1. The standard InChI is InChI=1S/C20H22N6O3/c1-14-13-19(24-29-14)21-18-8-7-17(22-23-18)20(27)26-11-9-25(10-12-26)15-3-5-16(28-2)6-4-15/h3-8,13H,9-12H2,1-2H3,(H,21,23,24). The van der Waals surface area contributed by atoms with E-state index in [0.717, 1.165) is 24.5 Å². The number of carbonyl (C=O) groups excluding carboxylic acids is 1. The lowest BCUT2D eigenvalue weighted by atomic mass is 10.2. The van der Waals surface area contributed by atoms with E-state index < -0.39 is 0 Å². The van der Waals surface area contributed by atoms with Crippen LogP contribution in [0.5, 0.6) is 5.75 Å². The largest absolute Gasteiger partial charge is 0.497 e. The number of carbonyl (C=O) groups is 1. The number of methoxy groups -OCH3 is 1. The Hall–Kier alpha value is -3.62. The number of aromatic nitrogens is 3. The summed E-state index contributed by atoms with van der Waals surface area (Å²) in [7, 11) is 1.65. The van der Waals surface area contributed by atoms with Crippen molar-refractivity contribution in [2.45, 2.75) is 6.92 Å². The Morgan fingerprint density at radius 2 is 1.79 bits per heavy atom. The molecule has 9 nitrogen and oxygen atoms in total. The van der Waals surface area contributed by atoms with Crippen molar-refractivity contribution < 1.29 is 14.1 Å². The molecule has 1 aromatic carbocycles. The second kappa shape index (κ2) is 8.17. The van der Waals surface area contributed by atoms with Crippen LogP contribution >= 0.6 is 0 Å². The highest BCUT2D eigenvalue weighted by molar-refractivity contribution is 5.92. The topological polar surface area (TPSA) is 96.6 Å². The Kier molecular flexibility index (Phi) is 5.28. The van der Waals surface area contributed by atoms with Crippen LogP contribution in [0.4, 0.5) is 17.3 Å². The van der Waals surface area contributed by atoms with E-state index in [4.69, 9.17) is 9.26 Å². The Bertz CT molecular complexity index is 963. The fourth-order valence-electron chi connectivity index (χ4n) is 3.19. The van der Waals surface area contributed by atoms with Gasteiger partial charge in [-0.3, -0.25) is 4.79 Å². The molecule has 0 radical (unpaired) electrons. The molecule has 9 heteroatoms. The molecule has 1 aliphatic heterocycles. The molecule has 150 valence electrons. The van der Waals surface area contributed by atoms with Gasteiger partial charge in [-0.15, -0.1) is 10.2 Å². The molecule has 1 N–H and O–H groups in total. The first-order valence-corrected chi connectivity index (χ1v) is 9.35. The zero-order chi connectivity index (χ0) is 20.2. The third-order valence-electron chi connectivity index (χ3n) is 4.77. The molecule has 0 saturated carbocycles. The minimum absolute atomic E-state index is 0.115. The van der Waals surface area contributed by atoms with Crippen LogP contribution in [0, 0.1) is 6.92 Å². The van der Waals surface area contributed by atoms with Gasteiger partial charge in [0.1, 0.15) is 11.5 Å². The Morgan fingerprint density at radius 3 is 2.38 bits per heavy atom. The van der Waals surface area contributed by atoms with Crippen molar-refractivity contribution in [1.82, 2.24) is 20.3 Å². The van der Waals surface area contributed by atoms with E-state index in [1.165, 1.54) is 0 Å². The summed E-state index contributed by atoms with van der Waals surface area (Å²) in [6.07, 6.45) is 0. The maximum atomic E-state index is 12.7. The molecule has 0 unspecified atom stereocenters. The van der Waals surface area contributed by atoms with Gasteiger partial charge in [0, 0.05) is 37.9 Å².